The average Bonchev–Trinajstić information content (AvgIpc) is 3.17. The number of hydrogen-bond acceptors (Lipinski definition) is 5. The molecule has 7 heteroatoms. The van der Waals surface area contributed by atoms with E-state index in [0.29, 0.717) is 11.7 Å². The Balaban J connectivity index is 1.38. The Hall–Kier alpha value is -2.02. The molecule has 2 aliphatic rings. The predicted molar refractivity (Wildman–Crippen MR) is 100 cm³/mol. The highest BCUT2D eigenvalue weighted by Gasteiger charge is 2.29. The SMILES string of the molecule is Cn1c(SCC(=O)Nc2ccccc2N2CCCC2)nnc1C1CC1. The van der Waals surface area contributed by atoms with Crippen molar-refractivity contribution < 1.29 is 4.79 Å². The van der Waals surface area contributed by atoms with Crippen molar-refractivity contribution in [3.05, 3.63) is 30.1 Å². The molecule has 1 amide bonds. The molecule has 2 heterocycles. The predicted octanol–water partition coefficient (Wildman–Crippen LogP) is 3.02. The molecule has 1 aliphatic heterocycles. The van der Waals surface area contributed by atoms with Gasteiger partial charge in [0, 0.05) is 26.1 Å². The third-order valence-electron chi connectivity index (χ3n) is 4.77. The van der Waals surface area contributed by atoms with Crippen LogP contribution in [0.1, 0.15) is 37.4 Å². The second-order valence-corrected chi connectivity index (χ2v) is 7.66. The number of amides is 1. The van der Waals surface area contributed by atoms with Gasteiger partial charge in [-0.25, -0.2) is 0 Å². The van der Waals surface area contributed by atoms with Gasteiger partial charge in [0.15, 0.2) is 5.16 Å². The fourth-order valence-corrected chi connectivity index (χ4v) is 4.00. The minimum atomic E-state index is -0.00683. The van der Waals surface area contributed by atoms with E-state index in [1.807, 2.05) is 29.8 Å². The molecule has 132 valence electrons. The van der Waals surface area contributed by atoms with Crippen LogP contribution in [-0.2, 0) is 11.8 Å². The molecule has 0 spiro atoms. The Morgan fingerprint density at radius 1 is 1.24 bits per heavy atom. The van der Waals surface area contributed by atoms with Gasteiger partial charge in [0.25, 0.3) is 0 Å². The summed E-state index contributed by atoms with van der Waals surface area (Å²) in [5.74, 6) is 1.94. The van der Waals surface area contributed by atoms with Crippen molar-refractivity contribution in [3.63, 3.8) is 0 Å². The smallest absolute Gasteiger partial charge is 0.234 e. The Kier molecular flexibility index (Phi) is 4.65. The summed E-state index contributed by atoms with van der Waals surface area (Å²) in [6.07, 6.45) is 4.83. The quantitative estimate of drug-likeness (QED) is 0.805. The molecule has 2 fully saturated rings. The van der Waals surface area contributed by atoms with Crippen LogP contribution in [0.15, 0.2) is 29.4 Å². The Morgan fingerprint density at radius 2 is 2.00 bits per heavy atom. The molecule has 1 aliphatic carbocycles. The van der Waals surface area contributed by atoms with Crippen LogP contribution in [0.3, 0.4) is 0 Å². The largest absolute Gasteiger partial charge is 0.370 e. The molecule has 1 N–H and O–H groups in total. The fourth-order valence-electron chi connectivity index (χ4n) is 3.28. The molecule has 0 unspecified atom stereocenters. The topological polar surface area (TPSA) is 63.1 Å². The van der Waals surface area contributed by atoms with Gasteiger partial charge in [-0.1, -0.05) is 23.9 Å². The molecule has 0 atom stereocenters. The third kappa shape index (κ3) is 3.66. The van der Waals surface area contributed by atoms with E-state index < -0.39 is 0 Å². The number of para-hydroxylation sites is 2. The standard InChI is InChI=1S/C18H23N5OS/c1-22-17(13-8-9-13)20-21-18(22)25-12-16(24)19-14-6-2-3-7-15(14)23-10-4-5-11-23/h2-3,6-7,13H,4-5,8-12H2,1H3,(H,19,24). The van der Waals surface area contributed by atoms with Crippen molar-refractivity contribution in [1.29, 1.82) is 0 Å². The lowest BCUT2D eigenvalue weighted by molar-refractivity contribution is -0.113. The zero-order chi connectivity index (χ0) is 17.2. The molecule has 0 bridgehead atoms. The number of carbonyl (C=O) groups is 1. The zero-order valence-electron chi connectivity index (χ0n) is 14.4. The number of benzene rings is 1. The highest BCUT2D eigenvalue weighted by atomic mass is 32.2. The Labute approximate surface area is 152 Å². The van der Waals surface area contributed by atoms with Crippen LogP contribution in [0.2, 0.25) is 0 Å². The number of rotatable bonds is 6. The lowest BCUT2D eigenvalue weighted by atomic mass is 10.2. The van der Waals surface area contributed by atoms with Crippen molar-refractivity contribution in [2.75, 3.05) is 29.1 Å². The Morgan fingerprint density at radius 3 is 2.76 bits per heavy atom. The first-order valence-corrected chi connectivity index (χ1v) is 9.87. The number of carbonyl (C=O) groups excluding carboxylic acids is 1. The molecule has 2 aromatic rings. The van der Waals surface area contributed by atoms with E-state index in [2.05, 4.69) is 26.5 Å². The second-order valence-electron chi connectivity index (χ2n) is 6.72. The van der Waals surface area contributed by atoms with Crippen LogP contribution in [0.25, 0.3) is 0 Å². The summed E-state index contributed by atoms with van der Waals surface area (Å²) >= 11 is 1.44. The molecular formula is C18H23N5OS. The maximum absolute atomic E-state index is 12.4. The van der Waals surface area contributed by atoms with E-state index in [9.17, 15) is 4.79 Å². The normalized spacial score (nSPS) is 17.1. The summed E-state index contributed by atoms with van der Waals surface area (Å²) in [6.45, 7) is 2.12. The first-order chi connectivity index (χ1) is 12.2. The van der Waals surface area contributed by atoms with Gasteiger partial charge in [-0.3, -0.25) is 4.79 Å². The van der Waals surface area contributed by atoms with Gasteiger partial charge in [0.1, 0.15) is 5.82 Å². The number of anilines is 2. The summed E-state index contributed by atoms with van der Waals surface area (Å²) in [6, 6.07) is 8.05. The van der Waals surface area contributed by atoms with Gasteiger partial charge in [-0.15, -0.1) is 10.2 Å². The summed E-state index contributed by atoms with van der Waals surface area (Å²) in [4.78, 5) is 14.7. The lowest BCUT2D eigenvalue weighted by Gasteiger charge is -2.21. The van der Waals surface area contributed by atoms with Crippen molar-refractivity contribution in [1.82, 2.24) is 14.8 Å². The number of thioether (sulfide) groups is 1. The number of nitrogens with zero attached hydrogens (tertiary/aromatic N) is 4. The summed E-state index contributed by atoms with van der Waals surface area (Å²) in [7, 11) is 1.98. The average molecular weight is 357 g/mol. The minimum absolute atomic E-state index is 0.00683. The second kappa shape index (κ2) is 7.07. The number of aromatic nitrogens is 3. The number of nitrogens with one attached hydrogen (secondary N) is 1. The molecule has 0 radical (unpaired) electrons. The van der Waals surface area contributed by atoms with Gasteiger partial charge in [-0.05, 0) is 37.8 Å². The van der Waals surface area contributed by atoms with Gasteiger partial charge in [0.2, 0.25) is 5.91 Å². The van der Waals surface area contributed by atoms with Crippen molar-refractivity contribution in [3.8, 4) is 0 Å². The maximum Gasteiger partial charge on any atom is 0.234 e. The van der Waals surface area contributed by atoms with Gasteiger partial charge in [0.05, 0.1) is 17.1 Å². The van der Waals surface area contributed by atoms with Crippen LogP contribution < -0.4 is 10.2 Å². The van der Waals surface area contributed by atoms with E-state index in [1.54, 1.807) is 0 Å². The lowest BCUT2D eigenvalue weighted by Crippen LogP contribution is -2.21. The zero-order valence-corrected chi connectivity index (χ0v) is 15.3. The molecule has 4 rings (SSSR count). The molecule has 1 aromatic carbocycles. The molecule has 1 saturated carbocycles. The first kappa shape index (κ1) is 16.4. The third-order valence-corrected chi connectivity index (χ3v) is 5.79. The van der Waals surface area contributed by atoms with Crippen molar-refractivity contribution in [2.45, 2.75) is 36.8 Å². The van der Waals surface area contributed by atoms with Gasteiger partial charge in [-0.2, -0.15) is 0 Å². The van der Waals surface area contributed by atoms with Crippen molar-refractivity contribution in [2.24, 2.45) is 7.05 Å². The molecule has 6 nitrogen and oxygen atoms in total. The van der Waals surface area contributed by atoms with Gasteiger partial charge >= 0.3 is 0 Å². The number of hydrogen-bond donors (Lipinski definition) is 1. The van der Waals surface area contributed by atoms with Crippen LogP contribution in [0.5, 0.6) is 0 Å². The summed E-state index contributed by atoms with van der Waals surface area (Å²) in [5, 5.41) is 12.4. The minimum Gasteiger partial charge on any atom is -0.370 e. The highest BCUT2D eigenvalue weighted by Crippen LogP contribution is 2.39. The Bertz CT molecular complexity index is 765. The van der Waals surface area contributed by atoms with E-state index in [-0.39, 0.29) is 5.91 Å². The van der Waals surface area contributed by atoms with Gasteiger partial charge < -0.3 is 14.8 Å². The summed E-state index contributed by atoms with van der Waals surface area (Å²) < 4.78 is 2.02. The molecule has 1 saturated heterocycles. The van der Waals surface area contributed by atoms with E-state index in [0.717, 1.165) is 35.4 Å². The van der Waals surface area contributed by atoms with E-state index >= 15 is 0 Å². The molecule has 25 heavy (non-hydrogen) atoms. The van der Waals surface area contributed by atoms with Crippen LogP contribution in [0, 0.1) is 0 Å². The monoisotopic (exact) mass is 357 g/mol. The van der Waals surface area contributed by atoms with E-state index in [1.165, 1.54) is 37.4 Å². The maximum atomic E-state index is 12.4. The first-order valence-electron chi connectivity index (χ1n) is 8.88. The van der Waals surface area contributed by atoms with Crippen LogP contribution in [0.4, 0.5) is 11.4 Å². The van der Waals surface area contributed by atoms with Crippen LogP contribution in [-0.4, -0.2) is 39.5 Å². The van der Waals surface area contributed by atoms with Crippen molar-refractivity contribution >= 4 is 29.0 Å². The summed E-state index contributed by atoms with van der Waals surface area (Å²) in [5.41, 5.74) is 2.01. The molecular weight excluding hydrogens is 334 g/mol. The van der Waals surface area contributed by atoms with E-state index in [4.69, 9.17) is 0 Å². The highest BCUT2D eigenvalue weighted by molar-refractivity contribution is 7.99. The van der Waals surface area contributed by atoms with Crippen LogP contribution >= 0.6 is 11.8 Å². The fraction of sp³-hybridized carbons (Fsp3) is 0.500. The molecule has 1 aromatic heterocycles.